The van der Waals surface area contributed by atoms with Gasteiger partial charge in [-0.15, -0.1) is 0 Å². The first-order valence-corrected chi connectivity index (χ1v) is 12.2. The molecular formula is C23H22N2O5S2. The number of ether oxygens (including phenoxy) is 1. The molecular weight excluding hydrogens is 448 g/mol. The smallest absolute Gasteiger partial charge is 0.337 e. The minimum absolute atomic E-state index is 0.184. The molecule has 0 saturated carbocycles. The topological polar surface area (TPSA) is 92.8 Å². The van der Waals surface area contributed by atoms with Crippen molar-refractivity contribution in [2.45, 2.75) is 9.79 Å². The third-order valence-corrected chi connectivity index (χ3v) is 6.60. The Morgan fingerprint density at radius 2 is 1.66 bits per heavy atom. The van der Waals surface area contributed by atoms with Crippen molar-refractivity contribution in [1.82, 2.24) is 0 Å². The van der Waals surface area contributed by atoms with Crippen LogP contribution >= 0.6 is 11.8 Å². The molecule has 3 rings (SSSR count). The number of carbonyl (C=O) groups is 2. The minimum Gasteiger partial charge on any atom is -0.465 e. The third kappa shape index (κ3) is 6.12. The van der Waals surface area contributed by atoms with E-state index in [0.29, 0.717) is 5.69 Å². The molecule has 0 aliphatic heterocycles. The Kier molecular flexibility index (Phi) is 7.55. The van der Waals surface area contributed by atoms with Gasteiger partial charge in [-0.3, -0.25) is 9.10 Å². The Hall–Kier alpha value is -3.30. The van der Waals surface area contributed by atoms with Crippen LogP contribution in [0.2, 0.25) is 0 Å². The van der Waals surface area contributed by atoms with Crippen molar-refractivity contribution in [3.05, 3.63) is 84.4 Å². The number of benzene rings is 3. The molecule has 0 spiro atoms. The molecule has 166 valence electrons. The minimum atomic E-state index is -3.80. The summed E-state index contributed by atoms with van der Waals surface area (Å²) < 4.78 is 30.4. The maximum absolute atomic E-state index is 12.8. The number of para-hydroxylation sites is 1. The van der Waals surface area contributed by atoms with E-state index in [4.69, 9.17) is 4.74 Å². The number of methoxy groups -OCH3 is 1. The van der Waals surface area contributed by atoms with E-state index in [1.165, 1.54) is 43.1 Å². The molecule has 0 unspecified atom stereocenters. The van der Waals surface area contributed by atoms with Crippen LogP contribution in [0.25, 0.3) is 0 Å². The molecule has 32 heavy (non-hydrogen) atoms. The predicted octanol–water partition coefficient (Wildman–Crippen LogP) is 4.03. The number of sulfonamides is 1. The van der Waals surface area contributed by atoms with Crippen LogP contribution in [0, 0.1) is 0 Å². The lowest BCUT2D eigenvalue weighted by molar-refractivity contribution is -0.114. The van der Waals surface area contributed by atoms with Crippen LogP contribution in [0.5, 0.6) is 0 Å². The van der Waals surface area contributed by atoms with Gasteiger partial charge in [-0.05, 0) is 42.5 Å². The quantitative estimate of drug-likeness (QED) is 0.500. The van der Waals surface area contributed by atoms with Gasteiger partial charge in [0.25, 0.3) is 0 Å². The predicted molar refractivity (Wildman–Crippen MR) is 126 cm³/mol. The van der Waals surface area contributed by atoms with Crippen molar-refractivity contribution < 1.29 is 22.7 Å². The van der Waals surface area contributed by atoms with E-state index in [0.717, 1.165) is 20.4 Å². The van der Waals surface area contributed by atoms with Crippen LogP contribution in [0.1, 0.15) is 10.4 Å². The van der Waals surface area contributed by atoms with Gasteiger partial charge in [0, 0.05) is 9.79 Å². The Morgan fingerprint density at radius 1 is 0.969 bits per heavy atom. The average Bonchev–Trinajstić information content (AvgIpc) is 2.78. The van der Waals surface area contributed by atoms with Crippen LogP contribution in [0.15, 0.2) is 88.7 Å². The number of anilines is 2. The van der Waals surface area contributed by atoms with E-state index < -0.39 is 28.4 Å². The number of hydrogen-bond donors (Lipinski definition) is 1. The second kappa shape index (κ2) is 10.3. The third-order valence-electron chi connectivity index (χ3n) is 4.37. The highest BCUT2D eigenvalue weighted by molar-refractivity contribution is 7.99. The number of nitrogens with zero attached hydrogens (tertiary/aromatic N) is 1. The molecule has 0 aliphatic rings. The van der Waals surface area contributed by atoms with E-state index >= 15 is 0 Å². The van der Waals surface area contributed by atoms with E-state index in [9.17, 15) is 18.0 Å². The van der Waals surface area contributed by atoms with E-state index in [2.05, 4.69) is 5.32 Å². The summed E-state index contributed by atoms with van der Waals surface area (Å²) in [6.45, 7) is -0.451. The number of hydrogen-bond acceptors (Lipinski definition) is 6. The molecule has 7 nitrogen and oxygen atoms in total. The molecule has 0 saturated heterocycles. The summed E-state index contributed by atoms with van der Waals surface area (Å²) in [6, 6.07) is 22.9. The first kappa shape index (κ1) is 23.4. The van der Waals surface area contributed by atoms with Gasteiger partial charge in [0.15, 0.2) is 0 Å². The molecule has 3 aromatic carbocycles. The molecule has 0 fully saturated rings. The van der Waals surface area contributed by atoms with Crippen molar-refractivity contribution in [3.63, 3.8) is 0 Å². The maximum atomic E-state index is 12.8. The van der Waals surface area contributed by atoms with Crippen molar-refractivity contribution in [2.24, 2.45) is 0 Å². The highest BCUT2D eigenvalue weighted by atomic mass is 32.2. The Labute approximate surface area is 191 Å². The first-order valence-electron chi connectivity index (χ1n) is 9.56. The van der Waals surface area contributed by atoms with Crippen molar-refractivity contribution >= 4 is 45.0 Å². The summed E-state index contributed by atoms with van der Waals surface area (Å²) in [5.41, 5.74) is 0.948. The van der Waals surface area contributed by atoms with Crippen LogP contribution < -0.4 is 9.62 Å². The lowest BCUT2D eigenvalue weighted by atomic mass is 10.2. The van der Waals surface area contributed by atoms with Crippen molar-refractivity contribution in [3.8, 4) is 0 Å². The first-order chi connectivity index (χ1) is 15.3. The van der Waals surface area contributed by atoms with E-state index in [1.54, 1.807) is 12.1 Å². The van der Waals surface area contributed by atoms with Gasteiger partial charge < -0.3 is 10.1 Å². The van der Waals surface area contributed by atoms with E-state index in [1.807, 2.05) is 42.5 Å². The van der Waals surface area contributed by atoms with Crippen molar-refractivity contribution in [1.29, 1.82) is 0 Å². The maximum Gasteiger partial charge on any atom is 0.337 e. The molecule has 0 atom stereocenters. The van der Waals surface area contributed by atoms with Gasteiger partial charge in [0.2, 0.25) is 15.9 Å². The lowest BCUT2D eigenvalue weighted by Crippen LogP contribution is -2.37. The fourth-order valence-electron chi connectivity index (χ4n) is 2.90. The zero-order chi connectivity index (χ0) is 23.1. The fourth-order valence-corrected chi connectivity index (χ4v) is 4.67. The van der Waals surface area contributed by atoms with Gasteiger partial charge in [0.1, 0.15) is 6.54 Å². The second-order valence-electron chi connectivity index (χ2n) is 6.77. The van der Waals surface area contributed by atoms with Crippen LogP contribution in [-0.2, 0) is 19.6 Å². The van der Waals surface area contributed by atoms with E-state index in [-0.39, 0.29) is 11.3 Å². The molecule has 0 radical (unpaired) electrons. The Bertz CT molecular complexity index is 1210. The molecule has 0 aromatic heterocycles. The van der Waals surface area contributed by atoms with Gasteiger partial charge in [0.05, 0.1) is 30.3 Å². The number of carbonyl (C=O) groups excluding carboxylic acids is 2. The summed E-state index contributed by atoms with van der Waals surface area (Å²) in [4.78, 5) is 26.5. The summed E-state index contributed by atoms with van der Waals surface area (Å²) in [5.74, 6) is -1.11. The molecule has 1 N–H and O–H groups in total. The average molecular weight is 471 g/mol. The summed E-state index contributed by atoms with van der Waals surface area (Å²) in [5, 5.41) is 2.79. The zero-order valence-electron chi connectivity index (χ0n) is 17.5. The standard InChI is InChI=1S/C23H22N2O5S2/c1-30-23(27)17-9-8-10-18(15-17)25(32(2,28)29)16-22(26)24-20-13-6-7-14-21(20)31-19-11-4-3-5-12-19/h3-15H,16H2,1-2H3,(H,24,26). The van der Waals surface area contributed by atoms with Gasteiger partial charge in [-0.25, -0.2) is 13.2 Å². The van der Waals surface area contributed by atoms with Gasteiger partial charge in [-0.2, -0.15) is 0 Å². The van der Waals surface area contributed by atoms with Crippen LogP contribution in [0.3, 0.4) is 0 Å². The highest BCUT2D eigenvalue weighted by Gasteiger charge is 2.22. The summed E-state index contributed by atoms with van der Waals surface area (Å²) in [6.07, 6.45) is 1.00. The Morgan fingerprint density at radius 3 is 2.34 bits per heavy atom. The van der Waals surface area contributed by atoms with Gasteiger partial charge in [-0.1, -0.05) is 48.2 Å². The molecule has 0 heterocycles. The SMILES string of the molecule is COC(=O)c1cccc(N(CC(=O)Nc2ccccc2Sc2ccccc2)S(C)(=O)=O)c1. The molecule has 0 aliphatic carbocycles. The molecule has 9 heteroatoms. The van der Waals surface area contributed by atoms with Gasteiger partial charge >= 0.3 is 5.97 Å². The van der Waals surface area contributed by atoms with Crippen LogP contribution in [0.4, 0.5) is 11.4 Å². The number of rotatable bonds is 8. The molecule has 3 aromatic rings. The van der Waals surface area contributed by atoms with Crippen LogP contribution in [-0.4, -0.2) is 40.2 Å². The summed E-state index contributed by atoms with van der Waals surface area (Å²) >= 11 is 1.49. The molecule has 0 bridgehead atoms. The number of amides is 1. The normalized spacial score (nSPS) is 10.9. The zero-order valence-corrected chi connectivity index (χ0v) is 19.2. The largest absolute Gasteiger partial charge is 0.465 e. The Balaban J connectivity index is 1.81. The fraction of sp³-hybridized carbons (Fsp3) is 0.130. The number of esters is 1. The lowest BCUT2D eigenvalue weighted by Gasteiger charge is -2.22. The molecule has 1 amide bonds. The highest BCUT2D eigenvalue weighted by Crippen LogP contribution is 2.33. The summed E-state index contributed by atoms with van der Waals surface area (Å²) in [7, 11) is -2.56. The monoisotopic (exact) mass is 470 g/mol. The number of nitrogens with one attached hydrogen (secondary N) is 1. The van der Waals surface area contributed by atoms with Crippen molar-refractivity contribution in [2.75, 3.05) is 29.5 Å². The second-order valence-corrected chi connectivity index (χ2v) is 9.79.